The molecule has 0 radical (unpaired) electrons. The zero-order valence-corrected chi connectivity index (χ0v) is 8.02. The first-order chi connectivity index (χ1) is 5.52. The lowest BCUT2D eigenvalue weighted by molar-refractivity contribution is -0.131. The Balaban J connectivity index is 3.74. The number of aldehydes is 1. The summed E-state index contributed by atoms with van der Waals surface area (Å²) in [4.78, 5) is 20.6. The molecule has 0 bridgehead atoms. The molecule has 0 saturated heterocycles. The SMILES string of the molecule is CCCC(C)(C)CNC(=O)C=O. The Kier molecular flexibility index (Phi) is 4.55. The molecular weight excluding hydrogens is 154 g/mol. The van der Waals surface area contributed by atoms with Gasteiger partial charge in [0.25, 0.3) is 5.91 Å². The Morgan fingerprint density at radius 3 is 2.50 bits per heavy atom. The van der Waals surface area contributed by atoms with Crippen molar-refractivity contribution in [3.8, 4) is 0 Å². The van der Waals surface area contributed by atoms with E-state index in [1.165, 1.54) is 0 Å². The molecule has 0 aromatic rings. The van der Waals surface area contributed by atoms with E-state index in [0.717, 1.165) is 12.8 Å². The number of rotatable bonds is 5. The van der Waals surface area contributed by atoms with Gasteiger partial charge < -0.3 is 5.32 Å². The van der Waals surface area contributed by atoms with Crippen LogP contribution >= 0.6 is 0 Å². The van der Waals surface area contributed by atoms with Crippen LogP contribution < -0.4 is 5.32 Å². The predicted octanol–water partition coefficient (Wildman–Crippen LogP) is 1.13. The first-order valence-corrected chi connectivity index (χ1v) is 4.25. The summed E-state index contributed by atoms with van der Waals surface area (Å²) in [5.41, 5.74) is 0.0907. The first kappa shape index (κ1) is 11.1. The first-order valence-electron chi connectivity index (χ1n) is 4.25. The van der Waals surface area contributed by atoms with Crippen LogP contribution in [-0.4, -0.2) is 18.7 Å². The van der Waals surface area contributed by atoms with Crippen LogP contribution in [0.3, 0.4) is 0 Å². The Hall–Kier alpha value is -0.860. The fourth-order valence-electron chi connectivity index (χ4n) is 1.13. The maximum Gasteiger partial charge on any atom is 0.284 e. The van der Waals surface area contributed by atoms with E-state index in [4.69, 9.17) is 0 Å². The lowest BCUT2D eigenvalue weighted by Crippen LogP contribution is -2.34. The molecule has 0 rings (SSSR count). The number of hydrogen-bond donors (Lipinski definition) is 1. The second kappa shape index (κ2) is 4.91. The average Bonchev–Trinajstić information content (AvgIpc) is 2.00. The van der Waals surface area contributed by atoms with E-state index >= 15 is 0 Å². The van der Waals surface area contributed by atoms with Crippen molar-refractivity contribution >= 4 is 12.2 Å². The molecule has 1 N–H and O–H groups in total. The molecule has 0 aliphatic carbocycles. The highest BCUT2D eigenvalue weighted by Crippen LogP contribution is 2.20. The van der Waals surface area contributed by atoms with Crippen LogP contribution in [0.5, 0.6) is 0 Å². The van der Waals surface area contributed by atoms with Crippen molar-refractivity contribution in [1.82, 2.24) is 5.32 Å². The average molecular weight is 171 g/mol. The van der Waals surface area contributed by atoms with Crippen molar-refractivity contribution in [3.05, 3.63) is 0 Å². The van der Waals surface area contributed by atoms with E-state index in [9.17, 15) is 9.59 Å². The van der Waals surface area contributed by atoms with Crippen LogP contribution in [-0.2, 0) is 9.59 Å². The van der Waals surface area contributed by atoms with Crippen LogP contribution in [0.4, 0.5) is 0 Å². The molecule has 12 heavy (non-hydrogen) atoms. The van der Waals surface area contributed by atoms with Crippen molar-refractivity contribution < 1.29 is 9.59 Å². The van der Waals surface area contributed by atoms with E-state index < -0.39 is 5.91 Å². The van der Waals surface area contributed by atoms with Gasteiger partial charge in [-0.25, -0.2) is 0 Å². The third kappa shape index (κ3) is 4.88. The van der Waals surface area contributed by atoms with Gasteiger partial charge in [-0.2, -0.15) is 0 Å². The van der Waals surface area contributed by atoms with Gasteiger partial charge in [-0.1, -0.05) is 27.2 Å². The normalized spacial score (nSPS) is 10.9. The Morgan fingerprint density at radius 1 is 1.50 bits per heavy atom. The van der Waals surface area contributed by atoms with Gasteiger partial charge in [0, 0.05) is 6.54 Å². The van der Waals surface area contributed by atoms with Crippen LogP contribution in [0, 0.1) is 5.41 Å². The van der Waals surface area contributed by atoms with Crippen LogP contribution in [0.15, 0.2) is 0 Å². The number of amides is 1. The second-order valence-corrected chi connectivity index (χ2v) is 3.75. The minimum absolute atomic E-state index is 0.0907. The van der Waals surface area contributed by atoms with Gasteiger partial charge >= 0.3 is 0 Å². The minimum atomic E-state index is -0.529. The highest BCUT2D eigenvalue weighted by Gasteiger charge is 2.16. The molecule has 0 heterocycles. The molecule has 3 nitrogen and oxygen atoms in total. The Labute approximate surface area is 73.5 Å². The number of nitrogens with one attached hydrogen (secondary N) is 1. The number of hydrogen-bond acceptors (Lipinski definition) is 2. The highest BCUT2D eigenvalue weighted by atomic mass is 16.2. The van der Waals surface area contributed by atoms with Crippen molar-refractivity contribution in [2.45, 2.75) is 33.6 Å². The van der Waals surface area contributed by atoms with Crippen molar-refractivity contribution in [2.75, 3.05) is 6.54 Å². The summed E-state index contributed by atoms with van der Waals surface area (Å²) in [6.07, 6.45) is 2.44. The van der Waals surface area contributed by atoms with E-state index in [1.54, 1.807) is 0 Å². The quantitative estimate of drug-likeness (QED) is 0.498. The second-order valence-electron chi connectivity index (χ2n) is 3.75. The predicted molar refractivity (Wildman–Crippen MR) is 47.8 cm³/mol. The summed E-state index contributed by atoms with van der Waals surface area (Å²) in [5, 5.41) is 2.55. The van der Waals surface area contributed by atoms with Crippen molar-refractivity contribution in [1.29, 1.82) is 0 Å². The van der Waals surface area contributed by atoms with Gasteiger partial charge in [0.05, 0.1) is 0 Å². The number of carbonyl (C=O) groups excluding carboxylic acids is 2. The lowest BCUT2D eigenvalue weighted by Gasteiger charge is -2.23. The largest absolute Gasteiger partial charge is 0.349 e. The van der Waals surface area contributed by atoms with Gasteiger partial charge in [-0.15, -0.1) is 0 Å². The van der Waals surface area contributed by atoms with Gasteiger partial charge in [0.15, 0.2) is 0 Å². The van der Waals surface area contributed by atoms with Gasteiger partial charge in [0.2, 0.25) is 6.29 Å². The zero-order valence-electron chi connectivity index (χ0n) is 8.02. The van der Waals surface area contributed by atoms with Crippen LogP contribution in [0.2, 0.25) is 0 Å². The standard InChI is InChI=1S/C9H17NO2/c1-4-5-9(2,3)7-10-8(12)6-11/h6H,4-5,7H2,1-3H3,(H,10,12). The monoisotopic (exact) mass is 171 g/mol. The molecule has 0 saturated carbocycles. The third-order valence-corrected chi connectivity index (χ3v) is 1.77. The molecule has 0 fully saturated rings. The Bertz CT molecular complexity index is 164. The molecule has 0 aliphatic heterocycles. The topological polar surface area (TPSA) is 46.2 Å². The minimum Gasteiger partial charge on any atom is -0.349 e. The molecule has 0 aromatic carbocycles. The van der Waals surface area contributed by atoms with Gasteiger partial charge in [0.1, 0.15) is 0 Å². The molecule has 0 aromatic heterocycles. The summed E-state index contributed by atoms with van der Waals surface area (Å²) in [5.74, 6) is -0.529. The molecule has 0 atom stereocenters. The fourth-order valence-corrected chi connectivity index (χ4v) is 1.13. The van der Waals surface area contributed by atoms with Crippen LogP contribution in [0.1, 0.15) is 33.6 Å². The number of carbonyl (C=O) groups is 2. The summed E-state index contributed by atoms with van der Waals surface area (Å²) >= 11 is 0. The molecule has 0 spiro atoms. The lowest BCUT2D eigenvalue weighted by atomic mass is 9.88. The molecular formula is C9H17NO2. The van der Waals surface area contributed by atoms with Gasteiger partial charge in [-0.3, -0.25) is 9.59 Å². The summed E-state index contributed by atoms with van der Waals surface area (Å²) in [6.45, 7) is 6.81. The zero-order chi connectivity index (χ0) is 9.61. The van der Waals surface area contributed by atoms with Crippen LogP contribution in [0.25, 0.3) is 0 Å². The van der Waals surface area contributed by atoms with Crippen molar-refractivity contribution in [3.63, 3.8) is 0 Å². The highest BCUT2D eigenvalue weighted by molar-refractivity contribution is 6.23. The molecule has 70 valence electrons. The maximum atomic E-state index is 10.6. The molecule has 1 amide bonds. The third-order valence-electron chi connectivity index (χ3n) is 1.77. The van der Waals surface area contributed by atoms with E-state index in [-0.39, 0.29) is 5.41 Å². The summed E-state index contributed by atoms with van der Waals surface area (Å²) < 4.78 is 0. The Morgan fingerprint density at radius 2 is 2.08 bits per heavy atom. The fraction of sp³-hybridized carbons (Fsp3) is 0.778. The molecule has 0 unspecified atom stereocenters. The van der Waals surface area contributed by atoms with E-state index in [2.05, 4.69) is 26.1 Å². The van der Waals surface area contributed by atoms with E-state index in [1.807, 2.05) is 0 Å². The molecule has 0 aliphatic rings. The van der Waals surface area contributed by atoms with Gasteiger partial charge in [-0.05, 0) is 11.8 Å². The maximum absolute atomic E-state index is 10.6. The summed E-state index contributed by atoms with van der Waals surface area (Å²) in [7, 11) is 0. The molecule has 3 heteroatoms. The van der Waals surface area contributed by atoms with Crippen molar-refractivity contribution in [2.24, 2.45) is 5.41 Å². The summed E-state index contributed by atoms with van der Waals surface area (Å²) in [6, 6.07) is 0. The van der Waals surface area contributed by atoms with E-state index in [0.29, 0.717) is 12.8 Å². The smallest absolute Gasteiger partial charge is 0.284 e.